The van der Waals surface area contributed by atoms with Gasteiger partial charge in [0.05, 0.1) is 22.8 Å². The van der Waals surface area contributed by atoms with E-state index in [1.54, 1.807) is 0 Å². The predicted octanol–water partition coefficient (Wildman–Crippen LogP) is 17.6. The highest BCUT2D eigenvalue weighted by atomic mass is 14.9. The Morgan fingerprint density at radius 2 is 0.361 bits per heavy atom. The second-order valence-electron chi connectivity index (χ2n) is 17.8. The smallest absolute Gasteiger partial charge is 0.160 e. The summed E-state index contributed by atoms with van der Waals surface area (Å²) in [5, 5.41) is 0. The summed E-state index contributed by atoms with van der Waals surface area (Å²) in [6.07, 6.45) is 0. The molecular formula is C68H46N4. The molecule has 0 unspecified atom stereocenters. The normalized spacial score (nSPS) is 11.1. The third-order valence-electron chi connectivity index (χ3n) is 13.2. The first-order valence-corrected chi connectivity index (χ1v) is 24.3. The standard InChI is InChI=1S/C68H46N4/c1-5-17-53(18-6-1)63-45-65(71-67(69-63)57-21-9-3-10-22-57)55-41-33-49(34-42-55)47-29-37-51(38-30-47)59-25-13-15-27-61(59)62-28-16-14-26-60(62)52-39-31-48(32-40-52)50-35-43-56(44-36-50)66-46-64(54-19-7-2-8-20-54)70-68(72-66)58-23-11-4-12-24-58/h1-46H. The first-order chi connectivity index (χ1) is 35.7. The van der Waals surface area contributed by atoms with Crippen molar-refractivity contribution in [3.8, 4) is 123 Å². The summed E-state index contributed by atoms with van der Waals surface area (Å²) in [6, 6.07) is 97.8. The molecular weight excluding hydrogens is 873 g/mol. The Bertz CT molecular complexity index is 3410. The van der Waals surface area contributed by atoms with Crippen LogP contribution in [0.1, 0.15) is 0 Å². The van der Waals surface area contributed by atoms with Crippen LogP contribution in [0.3, 0.4) is 0 Å². The molecule has 0 aliphatic heterocycles. The van der Waals surface area contributed by atoms with Crippen molar-refractivity contribution < 1.29 is 0 Å². The second kappa shape index (κ2) is 19.8. The van der Waals surface area contributed by atoms with Gasteiger partial charge in [-0.3, -0.25) is 0 Å². The first-order valence-electron chi connectivity index (χ1n) is 24.3. The van der Waals surface area contributed by atoms with E-state index in [0.717, 1.165) is 89.5 Å². The number of nitrogens with zero attached hydrogens (tertiary/aromatic N) is 4. The van der Waals surface area contributed by atoms with Gasteiger partial charge in [0.15, 0.2) is 11.6 Å². The largest absolute Gasteiger partial charge is 0.228 e. The highest BCUT2D eigenvalue weighted by molar-refractivity contribution is 5.92. The minimum atomic E-state index is 0.710. The molecule has 4 nitrogen and oxygen atoms in total. The fourth-order valence-corrected chi connectivity index (χ4v) is 9.43. The Labute approximate surface area is 420 Å². The molecule has 0 fully saturated rings. The molecule has 4 heteroatoms. The SMILES string of the molecule is c1ccc(-c2cc(-c3ccc(-c4ccc(-c5ccccc5-c5ccccc5-c5ccc(-c6ccc(-c7cc(-c8ccccc8)nc(-c8ccccc8)n7)cc6)cc5)cc4)cc3)nc(-c3ccccc3)n2)cc1. The molecule has 0 aliphatic carbocycles. The van der Waals surface area contributed by atoms with E-state index in [9.17, 15) is 0 Å². The van der Waals surface area contributed by atoms with Crippen LogP contribution in [0.25, 0.3) is 123 Å². The number of hydrogen-bond acceptors (Lipinski definition) is 4. The fraction of sp³-hybridized carbons (Fsp3) is 0. The highest BCUT2D eigenvalue weighted by Crippen LogP contribution is 2.40. The molecule has 0 aliphatic rings. The zero-order valence-corrected chi connectivity index (χ0v) is 39.3. The van der Waals surface area contributed by atoms with E-state index in [-0.39, 0.29) is 0 Å². The lowest BCUT2D eigenvalue weighted by Crippen LogP contribution is -1.95. The van der Waals surface area contributed by atoms with Crippen molar-refractivity contribution >= 4 is 0 Å². The molecule has 2 aromatic heterocycles. The molecule has 0 N–H and O–H groups in total. The van der Waals surface area contributed by atoms with Crippen LogP contribution < -0.4 is 0 Å². The molecule has 338 valence electrons. The molecule has 0 bridgehead atoms. The van der Waals surface area contributed by atoms with E-state index in [0.29, 0.717) is 11.6 Å². The van der Waals surface area contributed by atoms with Crippen molar-refractivity contribution in [1.29, 1.82) is 0 Å². The Morgan fingerprint density at radius 3 is 0.653 bits per heavy atom. The Balaban J connectivity index is 0.789. The molecule has 0 atom stereocenters. The molecule has 0 saturated carbocycles. The lowest BCUT2D eigenvalue weighted by Gasteiger charge is -2.15. The summed E-state index contributed by atoms with van der Waals surface area (Å²) in [4.78, 5) is 20.0. The summed E-state index contributed by atoms with van der Waals surface area (Å²) in [7, 11) is 0. The van der Waals surface area contributed by atoms with Gasteiger partial charge in [0.1, 0.15) is 0 Å². The fourth-order valence-electron chi connectivity index (χ4n) is 9.43. The van der Waals surface area contributed by atoms with Crippen LogP contribution in [0.4, 0.5) is 0 Å². The minimum Gasteiger partial charge on any atom is -0.228 e. The van der Waals surface area contributed by atoms with Crippen LogP contribution in [0.5, 0.6) is 0 Å². The third-order valence-corrected chi connectivity index (χ3v) is 13.2. The van der Waals surface area contributed by atoms with Crippen molar-refractivity contribution in [1.82, 2.24) is 19.9 Å². The van der Waals surface area contributed by atoms with Gasteiger partial charge in [-0.2, -0.15) is 0 Å². The van der Waals surface area contributed by atoms with Crippen LogP contribution in [-0.4, -0.2) is 19.9 Å². The minimum absolute atomic E-state index is 0.710. The van der Waals surface area contributed by atoms with Gasteiger partial charge in [-0.05, 0) is 67.8 Å². The summed E-state index contributed by atoms with van der Waals surface area (Å²) in [5.74, 6) is 1.42. The molecule has 12 aromatic rings. The molecule has 0 radical (unpaired) electrons. The van der Waals surface area contributed by atoms with Crippen LogP contribution in [0.2, 0.25) is 0 Å². The van der Waals surface area contributed by atoms with Crippen molar-refractivity contribution in [3.63, 3.8) is 0 Å². The number of rotatable bonds is 11. The number of aromatic nitrogens is 4. The van der Waals surface area contributed by atoms with E-state index in [4.69, 9.17) is 19.9 Å². The Morgan fingerprint density at radius 1 is 0.153 bits per heavy atom. The van der Waals surface area contributed by atoms with Crippen LogP contribution in [-0.2, 0) is 0 Å². The average Bonchev–Trinajstić information content (AvgIpc) is 3.48. The van der Waals surface area contributed by atoms with Crippen molar-refractivity contribution in [3.05, 3.63) is 279 Å². The number of benzene rings is 10. The second-order valence-corrected chi connectivity index (χ2v) is 17.8. The van der Waals surface area contributed by atoms with Crippen molar-refractivity contribution in [2.24, 2.45) is 0 Å². The van der Waals surface area contributed by atoms with Gasteiger partial charge in [0, 0.05) is 33.4 Å². The third kappa shape index (κ3) is 9.16. The molecule has 0 amide bonds. The Hall–Kier alpha value is -9.64. The Kier molecular flexibility index (Phi) is 12.0. The summed E-state index contributed by atoms with van der Waals surface area (Å²) in [6.45, 7) is 0. The topological polar surface area (TPSA) is 51.6 Å². The maximum absolute atomic E-state index is 5.04. The van der Waals surface area contributed by atoms with Gasteiger partial charge in [0.2, 0.25) is 0 Å². The maximum atomic E-state index is 5.04. The lowest BCUT2D eigenvalue weighted by molar-refractivity contribution is 1.18. The van der Waals surface area contributed by atoms with E-state index < -0.39 is 0 Å². The van der Waals surface area contributed by atoms with Crippen LogP contribution >= 0.6 is 0 Å². The summed E-state index contributed by atoms with van der Waals surface area (Å²) >= 11 is 0. The van der Waals surface area contributed by atoms with E-state index in [2.05, 4.69) is 206 Å². The zero-order valence-electron chi connectivity index (χ0n) is 39.3. The maximum Gasteiger partial charge on any atom is 0.160 e. The van der Waals surface area contributed by atoms with E-state index in [1.807, 2.05) is 72.8 Å². The van der Waals surface area contributed by atoms with Gasteiger partial charge in [0.25, 0.3) is 0 Å². The van der Waals surface area contributed by atoms with Gasteiger partial charge in [-0.25, -0.2) is 19.9 Å². The van der Waals surface area contributed by atoms with E-state index in [1.165, 1.54) is 22.3 Å². The van der Waals surface area contributed by atoms with Crippen LogP contribution in [0, 0.1) is 0 Å². The lowest BCUT2D eigenvalue weighted by atomic mass is 9.88. The van der Waals surface area contributed by atoms with Gasteiger partial charge in [-0.15, -0.1) is 0 Å². The molecule has 72 heavy (non-hydrogen) atoms. The monoisotopic (exact) mass is 918 g/mol. The zero-order chi connectivity index (χ0) is 48.1. The quantitative estimate of drug-likeness (QED) is 0.130. The van der Waals surface area contributed by atoms with Gasteiger partial charge >= 0.3 is 0 Å². The highest BCUT2D eigenvalue weighted by Gasteiger charge is 2.16. The van der Waals surface area contributed by atoms with Crippen molar-refractivity contribution in [2.75, 3.05) is 0 Å². The van der Waals surface area contributed by atoms with Crippen LogP contribution in [0.15, 0.2) is 279 Å². The van der Waals surface area contributed by atoms with Gasteiger partial charge < -0.3 is 0 Å². The summed E-state index contributed by atoms with van der Waals surface area (Å²) < 4.78 is 0. The summed E-state index contributed by atoms with van der Waals surface area (Å²) in [5.41, 5.74) is 21.4. The molecule has 2 heterocycles. The molecule has 12 rings (SSSR count). The van der Waals surface area contributed by atoms with E-state index >= 15 is 0 Å². The molecule has 10 aromatic carbocycles. The van der Waals surface area contributed by atoms with Crippen molar-refractivity contribution in [2.45, 2.75) is 0 Å². The first kappa shape index (κ1) is 43.6. The predicted molar refractivity (Wildman–Crippen MR) is 297 cm³/mol. The van der Waals surface area contributed by atoms with Gasteiger partial charge in [-0.1, -0.05) is 267 Å². The molecule has 0 saturated heterocycles. The number of hydrogen-bond donors (Lipinski definition) is 0. The average molecular weight is 919 g/mol. The molecule has 0 spiro atoms.